The largest absolute Gasteiger partial charge is 0.388 e. The molecule has 21 heavy (non-hydrogen) atoms. The Morgan fingerprint density at radius 2 is 1.95 bits per heavy atom. The van der Waals surface area contributed by atoms with Gasteiger partial charge in [0.05, 0.1) is 4.90 Å². The van der Waals surface area contributed by atoms with Gasteiger partial charge in [-0.15, -0.1) is 11.3 Å². The molecule has 2 aromatic rings. The van der Waals surface area contributed by atoms with Crippen molar-refractivity contribution in [3.8, 4) is 0 Å². The third kappa shape index (κ3) is 2.97. The van der Waals surface area contributed by atoms with Gasteiger partial charge in [0.1, 0.15) is 0 Å². The summed E-state index contributed by atoms with van der Waals surface area (Å²) in [6.07, 6.45) is 2.94. The number of benzene rings is 1. The molecule has 3 rings (SSSR count). The number of hydrogen-bond donors (Lipinski definition) is 2. The third-order valence-electron chi connectivity index (χ3n) is 3.80. The summed E-state index contributed by atoms with van der Waals surface area (Å²) in [5.74, 6) is 0. The molecule has 0 bridgehead atoms. The number of fused-ring (bicyclic) bond motifs is 1. The van der Waals surface area contributed by atoms with Gasteiger partial charge in [-0.1, -0.05) is 0 Å². The average molecular weight is 322 g/mol. The van der Waals surface area contributed by atoms with E-state index in [0.29, 0.717) is 4.90 Å². The molecule has 1 unspecified atom stereocenters. The van der Waals surface area contributed by atoms with E-state index in [4.69, 9.17) is 0 Å². The molecular formula is C15H18N2O2S2. The highest BCUT2D eigenvalue weighted by molar-refractivity contribution is 7.89. The predicted octanol–water partition coefficient (Wildman–Crippen LogP) is 3.15. The first-order valence-corrected chi connectivity index (χ1v) is 9.33. The van der Waals surface area contributed by atoms with Crippen LogP contribution in [-0.4, -0.2) is 15.5 Å². The van der Waals surface area contributed by atoms with E-state index in [1.54, 1.807) is 35.6 Å². The Morgan fingerprint density at radius 1 is 1.19 bits per heavy atom. The summed E-state index contributed by atoms with van der Waals surface area (Å²) in [4.78, 5) is 1.61. The number of hydrogen-bond acceptors (Lipinski definition) is 4. The molecule has 0 aliphatic heterocycles. The van der Waals surface area contributed by atoms with Gasteiger partial charge in [-0.2, -0.15) is 0 Å². The standard InChI is InChI=1S/C15H18N2O2S2/c1-16-11-5-7-12(8-6-11)21(18,19)17-14-3-2-4-15-13(14)9-10-20-15/h5-10,14,16-17H,2-4H2,1H3. The second-order valence-electron chi connectivity index (χ2n) is 5.14. The maximum absolute atomic E-state index is 12.5. The Kier molecular flexibility index (Phi) is 4.01. The molecule has 0 fully saturated rings. The van der Waals surface area contributed by atoms with Crippen LogP contribution in [0.2, 0.25) is 0 Å². The Bertz CT molecular complexity index is 720. The summed E-state index contributed by atoms with van der Waals surface area (Å²) in [5.41, 5.74) is 2.04. The van der Waals surface area contributed by atoms with Crippen LogP contribution in [0.5, 0.6) is 0 Å². The fourth-order valence-electron chi connectivity index (χ4n) is 2.66. The van der Waals surface area contributed by atoms with Crippen LogP contribution in [0.4, 0.5) is 5.69 Å². The molecule has 0 spiro atoms. The Balaban J connectivity index is 1.84. The zero-order valence-corrected chi connectivity index (χ0v) is 13.4. The van der Waals surface area contributed by atoms with Crippen molar-refractivity contribution in [1.29, 1.82) is 0 Å². The molecule has 1 atom stereocenters. The van der Waals surface area contributed by atoms with Gasteiger partial charge in [-0.3, -0.25) is 0 Å². The van der Waals surface area contributed by atoms with E-state index in [1.165, 1.54) is 4.88 Å². The van der Waals surface area contributed by atoms with E-state index in [9.17, 15) is 8.42 Å². The predicted molar refractivity (Wildman–Crippen MR) is 86.3 cm³/mol. The van der Waals surface area contributed by atoms with E-state index < -0.39 is 10.0 Å². The van der Waals surface area contributed by atoms with E-state index in [1.807, 2.05) is 18.5 Å². The monoisotopic (exact) mass is 322 g/mol. The molecule has 6 heteroatoms. The zero-order valence-electron chi connectivity index (χ0n) is 11.8. The molecule has 4 nitrogen and oxygen atoms in total. The summed E-state index contributed by atoms with van der Waals surface area (Å²) in [7, 11) is -1.67. The fraction of sp³-hybridized carbons (Fsp3) is 0.333. The summed E-state index contributed by atoms with van der Waals surface area (Å²) in [5, 5.41) is 5.02. The molecule has 1 heterocycles. The molecule has 1 aromatic carbocycles. The molecule has 0 amide bonds. The molecule has 0 saturated heterocycles. The number of anilines is 1. The van der Waals surface area contributed by atoms with Crippen molar-refractivity contribution < 1.29 is 8.42 Å². The van der Waals surface area contributed by atoms with Crippen molar-refractivity contribution in [3.63, 3.8) is 0 Å². The Hall–Kier alpha value is -1.37. The first-order valence-electron chi connectivity index (χ1n) is 6.96. The van der Waals surface area contributed by atoms with E-state index in [2.05, 4.69) is 10.0 Å². The van der Waals surface area contributed by atoms with Gasteiger partial charge in [0.15, 0.2) is 0 Å². The SMILES string of the molecule is CNc1ccc(S(=O)(=O)NC2CCCc3sccc32)cc1. The van der Waals surface area contributed by atoms with E-state index in [0.717, 1.165) is 30.5 Å². The lowest BCUT2D eigenvalue weighted by molar-refractivity contribution is 0.511. The van der Waals surface area contributed by atoms with Crippen LogP contribution in [-0.2, 0) is 16.4 Å². The highest BCUT2D eigenvalue weighted by atomic mass is 32.2. The van der Waals surface area contributed by atoms with Crippen molar-refractivity contribution >= 4 is 27.0 Å². The van der Waals surface area contributed by atoms with Gasteiger partial charge in [0, 0.05) is 23.7 Å². The second-order valence-corrected chi connectivity index (χ2v) is 7.85. The minimum absolute atomic E-state index is 0.103. The molecule has 1 aliphatic rings. The maximum Gasteiger partial charge on any atom is 0.241 e. The lowest BCUT2D eigenvalue weighted by Crippen LogP contribution is -2.30. The molecule has 1 aliphatic carbocycles. The van der Waals surface area contributed by atoms with Crippen molar-refractivity contribution in [2.24, 2.45) is 0 Å². The van der Waals surface area contributed by atoms with Crippen LogP contribution in [0.25, 0.3) is 0 Å². The summed E-state index contributed by atoms with van der Waals surface area (Å²) in [6, 6.07) is 8.73. The van der Waals surface area contributed by atoms with Gasteiger partial charge in [0.2, 0.25) is 10.0 Å². The maximum atomic E-state index is 12.5. The molecular weight excluding hydrogens is 304 g/mol. The van der Waals surface area contributed by atoms with Crippen LogP contribution >= 0.6 is 11.3 Å². The first-order chi connectivity index (χ1) is 10.1. The molecule has 1 aromatic heterocycles. The highest BCUT2D eigenvalue weighted by Gasteiger charge is 2.26. The van der Waals surface area contributed by atoms with Gasteiger partial charge < -0.3 is 5.32 Å². The lowest BCUT2D eigenvalue weighted by atomic mass is 9.95. The van der Waals surface area contributed by atoms with Gasteiger partial charge in [-0.05, 0) is 60.5 Å². The van der Waals surface area contributed by atoms with Crippen molar-refractivity contribution in [2.75, 3.05) is 12.4 Å². The van der Waals surface area contributed by atoms with Crippen LogP contribution in [0.3, 0.4) is 0 Å². The smallest absolute Gasteiger partial charge is 0.241 e. The van der Waals surface area contributed by atoms with Crippen molar-refractivity contribution in [2.45, 2.75) is 30.2 Å². The third-order valence-corrected chi connectivity index (χ3v) is 6.29. The average Bonchev–Trinajstić information content (AvgIpc) is 2.97. The number of nitrogens with one attached hydrogen (secondary N) is 2. The Labute approximate surface area is 129 Å². The molecule has 0 saturated carbocycles. The summed E-state index contributed by atoms with van der Waals surface area (Å²) in [6.45, 7) is 0. The normalized spacial score (nSPS) is 18.2. The molecule has 2 N–H and O–H groups in total. The first kappa shape index (κ1) is 14.6. The van der Waals surface area contributed by atoms with Crippen molar-refractivity contribution in [1.82, 2.24) is 4.72 Å². The number of aryl methyl sites for hydroxylation is 1. The van der Waals surface area contributed by atoms with Crippen LogP contribution in [0, 0.1) is 0 Å². The second kappa shape index (κ2) is 5.79. The van der Waals surface area contributed by atoms with Gasteiger partial charge >= 0.3 is 0 Å². The van der Waals surface area contributed by atoms with Crippen LogP contribution in [0.1, 0.15) is 29.3 Å². The van der Waals surface area contributed by atoms with Gasteiger partial charge in [0.25, 0.3) is 0 Å². The van der Waals surface area contributed by atoms with E-state index >= 15 is 0 Å². The highest BCUT2D eigenvalue weighted by Crippen LogP contribution is 2.34. The van der Waals surface area contributed by atoms with E-state index in [-0.39, 0.29) is 6.04 Å². The summed E-state index contributed by atoms with van der Waals surface area (Å²) < 4.78 is 27.9. The van der Waals surface area contributed by atoms with Crippen LogP contribution in [0.15, 0.2) is 40.6 Å². The zero-order chi connectivity index (χ0) is 14.9. The topological polar surface area (TPSA) is 58.2 Å². The fourth-order valence-corrected chi connectivity index (χ4v) is 4.90. The quantitative estimate of drug-likeness (QED) is 0.909. The molecule has 0 radical (unpaired) electrons. The molecule has 112 valence electrons. The van der Waals surface area contributed by atoms with Gasteiger partial charge in [-0.25, -0.2) is 13.1 Å². The van der Waals surface area contributed by atoms with Crippen LogP contribution < -0.4 is 10.0 Å². The number of rotatable bonds is 4. The Morgan fingerprint density at radius 3 is 2.67 bits per heavy atom. The minimum atomic E-state index is -3.48. The summed E-state index contributed by atoms with van der Waals surface area (Å²) >= 11 is 1.71. The number of sulfonamides is 1. The van der Waals surface area contributed by atoms with Crippen molar-refractivity contribution in [3.05, 3.63) is 46.2 Å². The minimum Gasteiger partial charge on any atom is -0.388 e. The lowest BCUT2D eigenvalue weighted by Gasteiger charge is -2.23. The number of thiophene rings is 1.